The molecule has 1 nitrogen and oxygen atoms in total. The van der Waals surface area contributed by atoms with Crippen molar-refractivity contribution in [2.75, 3.05) is 0 Å². The van der Waals surface area contributed by atoms with Gasteiger partial charge in [-0.15, -0.1) is 0 Å². The van der Waals surface area contributed by atoms with Gasteiger partial charge in [0.2, 0.25) is 0 Å². The molecule has 0 aliphatic heterocycles. The van der Waals surface area contributed by atoms with E-state index in [1.807, 2.05) is 0 Å². The summed E-state index contributed by atoms with van der Waals surface area (Å²) in [5.41, 5.74) is 0. The van der Waals surface area contributed by atoms with Crippen LogP contribution in [0, 0.1) is 0 Å². The quantitative estimate of drug-likeness (QED) is 0.474. The van der Waals surface area contributed by atoms with Gasteiger partial charge in [-0.3, -0.25) is 0 Å². The minimum absolute atomic E-state index is 0.000556. The van der Waals surface area contributed by atoms with E-state index in [4.69, 9.17) is 5.11 Å². The molecule has 0 aromatic heterocycles. The van der Waals surface area contributed by atoms with Crippen molar-refractivity contribution in [1.29, 1.82) is 0 Å². The molecule has 1 N–H and O–H groups in total. The van der Waals surface area contributed by atoms with E-state index in [-0.39, 0.29) is 6.10 Å². The number of halogens is 1. The van der Waals surface area contributed by atoms with Crippen LogP contribution in [0.3, 0.4) is 0 Å². The Morgan fingerprint density at radius 2 is 2.14 bits per heavy atom. The fourth-order valence-corrected chi connectivity index (χ4v) is 1.70. The highest BCUT2D eigenvalue weighted by atomic mass is 127. The van der Waals surface area contributed by atoms with Crippen LogP contribution in [0.5, 0.6) is 0 Å². The number of aliphatic hydroxyl groups is 1. The number of aliphatic hydroxyl groups excluding tert-OH is 1. The predicted molar refractivity (Wildman–Crippen MR) is 37.7 cm³/mol. The molecule has 1 aliphatic rings. The lowest BCUT2D eigenvalue weighted by Gasteiger charge is -2.02. The van der Waals surface area contributed by atoms with Crippen LogP contribution >= 0.6 is 22.6 Å². The molecular formula is C5H9IO. The average molecular weight is 212 g/mol. The Balaban J connectivity index is 2.33. The van der Waals surface area contributed by atoms with Crippen molar-refractivity contribution in [2.45, 2.75) is 29.3 Å². The molecule has 0 spiro atoms. The van der Waals surface area contributed by atoms with Crippen molar-refractivity contribution >= 4 is 22.6 Å². The van der Waals surface area contributed by atoms with Crippen LogP contribution in [0.25, 0.3) is 0 Å². The zero-order chi connectivity index (χ0) is 5.28. The van der Waals surface area contributed by atoms with Crippen LogP contribution < -0.4 is 0 Å². The standard InChI is InChI=1S/C5H9IO/c6-4-2-1-3-5(4)7/h4-5,7H,1-3H2/t4-,5+/m0/s1. The zero-order valence-electron chi connectivity index (χ0n) is 4.10. The van der Waals surface area contributed by atoms with Crippen LogP contribution in [-0.4, -0.2) is 15.1 Å². The van der Waals surface area contributed by atoms with Gasteiger partial charge in [-0.2, -0.15) is 0 Å². The fraction of sp³-hybridized carbons (Fsp3) is 1.00. The number of hydrogen-bond acceptors (Lipinski definition) is 1. The van der Waals surface area contributed by atoms with Gasteiger partial charge in [-0.05, 0) is 19.3 Å². The summed E-state index contributed by atoms with van der Waals surface area (Å²) in [5.74, 6) is 0. The van der Waals surface area contributed by atoms with Crippen LogP contribution in [0.4, 0.5) is 0 Å². The van der Waals surface area contributed by atoms with Crippen molar-refractivity contribution in [3.8, 4) is 0 Å². The summed E-state index contributed by atoms with van der Waals surface area (Å²) in [6, 6.07) is 0. The van der Waals surface area contributed by atoms with Gasteiger partial charge in [0, 0.05) is 3.92 Å². The van der Waals surface area contributed by atoms with Crippen molar-refractivity contribution in [1.82, 2.24) is 0 Å². The number of hydrogen-bond donors (Lipinski definition) is 1. The Morgan fingerprint density at radius 1 is 1.43 bits per heavy atom. The van der Waals surface area contributed by atoms with Crippen LogP contribution in [-0.2, 0) is 0 Å². The second kappa shape index (κ2) is 2.31. The highest BCUT2D eigenvalue weighted by Gasteiger charge is 2.21. The van der Waals surface area contributed by atoms with Gasteiger partial charge in [0.1, 0.15) is 0 Å². The first-order valence-corrected chi connectivity index (χ1v) is 3.87. The molecule has 2 heteroatoms. The van der Waals surface area contributed by atoms with Crippen molar-refractivity contribution < 1.29 is 5.11 Å². The zero-order valence-corrected chi connectivity index (χ0v) is 6.26. The Kier molecular flexibility index (Phi) is 1.92. The van der Waals surface area contributed by atoms with Crippen molar-refractivity contribution in [3.05, 3.63) is 0 Å². The van der Waals surface area contributed by atoms with Crippen molar-refractivity contribution in [2.24, 2.45) is 0 Å². The van der Waals surface area contributed by atoms with Gasteiger partial charge in [-0.1, -0.05) is 22.6 Å². The third-order valence-electron chi connectivity index (χ3n) is 1.40. The lowest BCUT2D eigenvalue weighted by molar-refractivity contribution is 0.192. The second-order valence-corrected chi connectivity index (χ2v) is 3.61. The van der Waals surface area contributed by atoms with Crippen molar-refractivity contribution in [3.63, 3.8) is 0 Å². The molecule has 0 heterocycles. The molecule has 1 fully saturated rings. The van der Waals surface area contributed by atoms with E-state index < -0.39 is 0 Å². The van der Waals surface area contributed by atoms with E-state index in [2.05, 4.69) is 22.6 Å². The maximum absolute atomic E-state index is 8.99. The predicted octanol–water partition coefficient (Wildman–Crippen LogP) is 1.33. The van der Waals surface area contributed by atoms with E-state index >= 15 is 0 Å². The maximum atomic E-state index is 8.99. The molecule has 42 valence electrons. The molecule has 0 radical (unpaired) electrons. The fourth-order valence-electron chi connectivity index (χ4n) is 0.895. The summed E-state index contributed by atoms with van der Waals surface area (Å²) in [6.45, 7) is 0. The smallest absolute Gasteiger partial charge is 0.0657 e. The number of rotatable bonds is 0. The number of alkyl halides is 1. The summed E-state index contributed by atoms with van der Waals surface area (Å²) >= 11 is 2.31. The molecule has 1 rings (SSSR count). The van der Waals surface area contributed by atoms with E-state index in [9.17, 15) is 0 Å². The van der Waals surface area contributed by atoms with Gasteiger partial charge < -0.3 is 5.11 Å². The lowest BCUT2D eigenvalue weighted by Crippen LogP contribution is -2.10. The first-order valence-electron chi connectivity index (χ1n) is 2.63. The van der Waals surface area contributed by atoms with E-state index in [1.165, 1.54) is 12.8 Å². The largest absolute Gasteiger partial charge is 0.392 e. The first-order chi connectivity index (χ1) is 3.30. The molecule has 0 bridgehead atoms. The molecule has 1 aliphatic carbocycles. The highest BCUT2D eigenvalue weighted by Crippen LogP contribution is 2.25. The Bertz CT molecular complexity index is 57.1. The molecule has 0 saturated heterocycles. The molecule has 7 heavy (non-hydrogen) atoms. The van der Waals surface area contributed by atoms with Gasteiger partial charge >= 0.3 is 0 Å². The van der Waals surface area contributed by atoms with Gasteiger partial charge in [0.25, 0.3) is 0 Å². The third-order valence-corrected chi connectivity index (χ3v) is 2.85. The van der Waals surface area contributed by atoms with Crippen LogP contribution in [0.2, 0.25) is 0 Å². The minimum atomic E-state index is 0.000556. The molecule has 0 aromatic carbocycles. The van der Waals surface area contributed by atoms with Gasteiger partial charge in [-0.25, -0.2) is 0 Å². The summed E-state index contributed by atoms with van der Waals surface area (Å²) in [4.78, 5) is 0. The Morgan fingerprint density at radius 3 is 2.29 bits per heavy atom. The van der Waals surface area contributed by atoms with Gasteiger partial charge in [0.05, 0.1) is 6.10 Å². The van der Waals surface area contributed by atoms with Gasteiger partial charge in [0.15, 0.2) is 0 Å². The monoisotopic (exact) mass is 212 g/mol. The molecule has 0 unspecified atom stereocenters. The van der Waals surface area contributed by atoms with Crippen LogP contribution in [0.1, 0.15) is 19.3 Å². The third kappa shape index (κ3) is 1.29. The minimum Gasteiger partial charge on any atom is -0.392 e. The molecule has 2 atom stereocenters. The van der Waals surface area contributed by atoms with E-state index in [1.54, 1.807) is 0 Å². The first kappa shape index (κ1) is 5.82. The normalized spacial score (nSPS) is 42.0. The highest BCUT2D eigenvalue weighted by molar-refractivity contribution is 14.1. The molecule has 0 amide bonds. The molecule has 0 aromatic rings. The SMILES string of the molecule is O[C@@H]1CCC[C@@H]1I. The summed E-state index contributed by atoms with van der Waals surface area (Å²) in [5, 5.41) is 8.99. The van der Waals surface area contributed by atoms with E-state index in [0.29, 0.717) is 3.92 Å². The summed E-state index contributed by atoms with van der Waals surface area (Å²) in [7, 11) is 0. The topological polar surface area (TPSA) is 20.2 Å². The molecule has 1 saturated carbocycles. The summed E-state index contributed by atoms with van der Waals surface area (Å²) < 4.78 is 0.539. The lowest BCUT2D eigenvalue weighted by atomic mass is 10.3. The Hall–Kier alpha value is 0.690. The Labute approximate surface area is 57.2 Å². The average Bonchev–Trinajstić information content (AvgIpc) is 1.91. The summed E-state index contributed by atoms with van der Waals surface area (Å²) in [6.07, 6.45) is 3.45. The maximum Gasteiger partial charge on any atom is 0.0657 e. The second-order valence-electron chi connectivity index (χ2n) is 2.01. The van der Waals surface area contributed by atoms with E-state index in [0.717, 1.165) is 6.42 Å². The van der Waals surface area contributed by atoms with Crippen LogP contribution in [0.15, 0.2) is 0 Å². The molecular weight excluding hydrogens is 203 g/mol.